The van der Waals surface area contributed by atoms with E-state index >= 15 is 0 Å². The minimum atomic E-state index is -1.99. The van der Waals surface area contributed by atoms with E-state index in [1.54, 1.807) is 0 Å². The van der Waals surface area contributed by atoms with E-state index in [1.807, 2.05) is 81.4 Å². The third kappa shape index (κ3) is 5.64. The maximum atomic E-state index is 10.2. The SMILES string of the molecule is CCCCC(c1ccc(C)c(Cl)c1)C(OB(O)O)(c1ccc(C)cc1)c1ccc(C)c(Cl)c1. The Kier molecular flexibility index (Phi) is 8.66. The van der Waals surface area contributed by atoms with Gasteiger partial charge in [-0.3, -0.25) is 0 Å². The molecule has 0 spiro atoms. The van der Waals surface area contributed by atoms with Gasteiger partial charge in [-0.15, -0.1) is 0 Å². The minimum Gasteiger partial charge on any atom is -0.402 e. The van der Waals surface area contributed by atoms with E-state index in [-0.39, 0.29) is 5.92 Å². The number of benzene rings is 3. The summed E-state index contributed by atoms with van der Waals surface area (Å²) in [6.07, 6.45) is 2.66. The maximum Gasteiger partial charge on any atom is 0.634 e. The third-order valence-electron chi connectivity index (χ3n) is 6.31. The van der Waals surface area contributed by atoms with Crippen LogP contribution in [0.4, 0.5) is 0 Å². The Morgan fingerprint density at radius 1 is 0.848 bits per heavy atom. The first kappa shape index (κ1) is 25.8. The Labute approximate surface area is 207 Å². The highest BCUT2D eigenvalue weighted by atomic mass is 35.5. The Morgan fingerprint density at radius 3 is 1.97 bits per heavy atom. The molecule has 0 heterocycles. The lowest BCUT2D eigenvalue weighted by atomic mass is 9.69. The Bertz CT molecular complexity index is 1090. The van der Waals surface area contributed by atoms with E-state index in [9.17, 15) is 10.0 Å². The lowest BCUT2D eigenvalue weighted by Crippen LogP contribution is -2.43. The van der Waals surface area contributed by atoms with Crippen LogP contribution in [0.25, 0.3) is 0 Å². The molecule has 0 amide bonds. The molecule has 33 heavy (non-hydrogen) atoms. The normalized spacial score (nSPS) is 14.1. The van der Waals surface area contributed by atoms with Crippen LogP contribution in [0.2, 0.25) is 10.0 Å². The molecule has 0 aromatic heterocycles. The molecule has 2 unspecified atom stereocenters. The van der Waals surface area contributed by atoms with Crippen molar-refractivity contribution in [1.29, 1.82) is 0 Å². The van der Waals surface area contributed by atoms with E-state index in [0.29, 0.717) is 10.0 Å². The zero-order chi connectivity index (χ0) is 24.2. The zero-order valence-corrected chi connectivity index (χ0v) is 21.1. The van der Waals surface area contributed by atoms with Gasteiger partial charge in [0.25, 0.3) is 0 Å². The third-order valence-corrected chi connectivity index (χ3v) is 7.12. The molecule has 3 nitrogen and oxygen atoms in total. The molecule has 6 heteroatoms. The smallest absolute Gasteiger partial charge is 0.402 e. The first-order chi connectivity index (χ1) is 15.7. The van der Waals surface area contributed by atoms with Gasteiger partial charge in [-0.2, -0.15) is 0 Å². The summed E-state index contributed by atoms with van der Waals surface area (Å²) in [6.45, 7) is 8.06. The van der Waals surface area contributed by atoms with Crippen LogP contribution in [-0.2, 0) is 10.3 Å². The Morgan fingerprint density at radius 2 is 1.42 bits per heavy atom. The van der Waals surface area contributed by atoms with E-state index in [4.69, 9.17) is 27.9 Å². The fourth-order valence-corrected chi connectivity index (χ4v) is 4.79. The van der Waals surface area contributed by atoms with Crippen LogP contribution in [0.15, 0.2) is 60.7 Å². The van der Waals surface area contributed by atoms with Crippen LogP contribution < -0.4 is 0 Å². The second-order valence-corrected chi connectivity index (χ2v) is 9.53. The quantitative estimate of drug-likeness (QED) is 0.318. The first-order valence-electron chi connectivity index (χ1n) is 11.3. The van der Waals surface area contributed by atoms with Crippen molar-refractivity contribution in [2.75, 3.05) is 0 Å². The molecule has 0 saturated heterocycles. The van der Waals surface area contributed by atoms with Gasteiger partial charge in [0.05, 0.1) is 0 Å². The second kappa shape index (κ2) is 11.1. The summed E-state index contributed by atoms with van der Waals surface area (Å²) in [4.78, 5) is 0. The molecule has 0 aliphatic heterocycles. The van der Waals surface area contributed by atoms with E-state index in [0.717, 1.165) is 52.6 Å². The predicted molar refractivity (Wildman–Crippen MR) is 138 cm³/mol. The van der Waals surface area contributed by atoms with Crippen molar-refractivity contribution in [2.45, 2.75) is 58.5 Å². The fraction of sp³-hybridized carbons (Fsp3) is 0.333. The van der Waals surface area contributed by atoms with Crippen LogP contribution >= 0.6 is 23.2 Å². The van der Waals surface area contributed by atoms with E-state index in [2.05, 4.69) is 6.92 Å². The van der Waals surface area contributed by atoms with Gasteiger partial charge in [0.1, 0.15) is 5.60 Å². The predicted octanol–water partition coefficient (Wildman–Crippen LogP) is 7.12. The molecule has 0 aliphatic carbocycles. The summed E-state index contributed by atoms with van der Waals surface area (Å²) < 4.78 is 6.14. The number of unbranched alkanes of at least 4 members (excludes halogenated alkanes) is 1. The van der Waals surface area contributed by atoms with Gasteiger partial charge < -0.3 is 14.7 Å². The van der Waals surface area contributed by atoms with Crippen molar-refractivity contribution in [3.8, 4) is 0 Å². The van der Waals surface area contributed by atoms with Gasteiger partial charge in [-0.05, 0) is 67.1 Å². The number of aryl methyl sites for hydroxylation is 3. The average Bonchev–Trinajstić information content (AvgIpc) is 2.77. The molecular weight excluding hydrogens is 454 g/mol. The van der Waals surface area contributed by atoms with Gasteiger partial charge in [-0.25, -0.2) is 0 Å². The van der Waals surface area contributed by atoms with Crippen molar-refractivity contribution >= 4 is 30.5 Å². The monoisotopic (exact) mass is 484 g/mol. The van der Waals surface area contributed by atoms with Crippen molar-refractivity contribution < 1.29 is 14.7 Å². The number of hydrogen-bond donors (Lipinski definition) is 2. The summed E-state index contributed by atoms with van der Waals surface area (Å²) in [5, 5.41) is 21.6. The first-order valence-corrected chi connectivity index (χ1v) is 12.1. The fourth-order valence-electron chi connectivity index (χ4n) is 4.42. The summed E-state index contributed by atoms with van der Waals surface area (Å²) in [5.74, 6) is -0.251. The van der Waals surface area contributed by atoms with Gasteiger partial charge in [0, 0.05) is 16.0 Å². The highest BCUT2D eigenvalue weighted by Crippen LogP contribution is 2.49. The Balaban J connectivity index is 2.38. The van der Waals surface area contributed by atoms with Gasteiger partial charge in [0.15, 0.2) is 0 Å². The summed E-state index contributed by atoms with van der Waals surface area (Å²) in [5.41, 5.74) is 4.36. The Hall–Kier alpha value is -1.82. The van der Waals surface area contributed by atoms with Crippen molar-refractivity contribution in [2.24, 2.45) is 0 Å². The number of rotatable bonds is 9. The molecular formula is C27H31BCl2O3. The lowest BCUT2D eigenvalue weighted by Gasteiger charge is -2.43. The van der Waals surface area contributed by atoms with E-state index in [1.165, 1.54) is 0 Å². The highest BCUT2D eigenvalue weighted by molar-refractivity contribution is 6.33. The van der Waals surface area contributed by atoms with Crippen LogP contribution in [0.5, 0.6) is 0 Å². The maximum absolute atomic E-state index is 10.2. The topological polar surface area (TPSA) is 49.7 Å². The zero-order valence-electron chi connectivity index (χ0n) is 19.6. The van der Waals surface area contributed by atoms with Crippen molar-refractivity contribution in [1.82, 2.24) is 0 Å². The molecule has 3 rings (SSSR count). The molecule has 3 aromatic rings. The molecule has 0 aliphatic rings. The summed E-state index contributed by atoms with van der Waals surface area (Å²) in [7, 11) is -1.99. The number of halogens is 2. The molecule has 0 fully saturated rings. The van der Waals surface area contributed by atoms with Crippen LogP contribution in [0.3, 0.4) is 0 Å². The van der Waals surface area contributed by atoms with Crippen LogP contribution in [0.1, 0.15) is 65.5 Å². The van der Waals surface area contributed by atoms with E-state index < -0.39 is 12.9 Å². The lowest BCUT2D eigenvalue weighted by molar-refractivity contribution is 0.0223. The molecule has 2 atom stereocenters. The largest absolute Gasteiger partial charge is 0.634 e. The average molecular weight is 485 g/mol. The standard InChI is InChI=1S/C27H31BCl2O3/c1-5-6-7-24(21-12-10-19(3)25(29)16-21)27(33-28(31)32,22-13-8-18(2)9-14-22)23-15-11-20(4)26(30)17-23/h8-17,24,31-32H,5-7H2,1-4H3. The van der Waals surface area contributed by atoms with Crippen LogP contribution in [-0.4, -0.2) is 17.4 Å². The molecule has 0 bridgehead atoms. The second-order valence-electron chi connectivity index (χ2n) is 8.71. The van der Waals surface area contributed by atoms with Gasteiger partial charge in [0.2, 0.25) is 0 Å². The van der Waals surface area contributed by atoms with Gasteiger partial charge in [-0.1, -0.05) is 97.1 Å². The van der Waals surface area contributed by atoms with Crippen LogP contribution in [0, 0.1) is 20.8 Å². The van der Waals surface area contributed by atoms with Gasteiger partial charge >= 0.3 is 7.32 Å². The highest BCUT2D eigenvalue weighted by Gasteiger charge is 2.46. The molecule has 2 N–H and O–H groups in total. The molecule has 0 saturated carbocycles. The number of hydrogen-bond acceptors (Lipinski definition) is 3. The molecule has 3 aromatic carbocycles. The molecule has 0 radical (unpaired) electrons. The summed E-state index contributed by atoms with van der Waals surface area (Å²) >= 11 is 13.1. The van der Waals surface area contributed by atoms with Crippen molar-refractivity contribution in [3.63, 3.8) is 0 Å². The van der Waals surface area contributed by atoms with Crippen molar-refractivity contribution in [3.05, 3.63) is 104 Å². The minimum absolute atomic E-state index is 0.251. The molecule has 174 valence electrons. The summed E-state index contributed by atoms with van der Waals surface area (Å²) in [6, 6.07) is 19.8.